The number of phosphoric acid groups is 1. The minimum Gasteiger partial charge on any atom is -0.462 e. The van der Waals surface area contributed by atoms with E-state index in [9.17, 15) is 24.2 Å². The van der Waals surface area contributed by atoms with Crippen molar-refractivity contribution in [1.82, 2.24) is 0 Å². The molecule has 0 saturated carbocycles. The van der Waals surface area contributed by atoms with Gasteiger partial charge in [-0.15, -0.1) is 0 Å². The monoisotopic (exact) mass is 751 g/mol. The second-order valence-electron chi connectivity index (χ2n) is 12.6. The minimum absolute atomic E-state index is 0.0225. The number of rotatable bonds is 35. The zero-order valence-corrected chi connectivity index (χ0v) is 33.0. The molecule has 0 aromatic carbocycles. The molecule has 0 saturated heterocycles. The fourth-order valence-electron chi connectivity index (χ4n) is 4.77. The number of aliphatic hydroxyl groups excluding tert-OH is 1. The molecule has 0 bridgehead atoms. The highest BCUT2D eigenvalue weighted by molar-refractivity contribution is 7.47. The van der Waals surface area contributed by atoms with E-state index < -0.39 is 38.6 Å². The molecule has 0 aromatic rings. The van der Waals surface area contributed by atoms with Crippen LogP contribution in [0.25, 0.3) is 0 Å². The lowest BCUT2D eigenvalue weighted by Gasteiger charge is -2.20. The Morgan fingerprint density at radius 3 is 1.94 bits per heavy atom. The second-order valence-corrected chi connectivity index (χ2v) is 14.1. The number of nitrogens with two attached hydrogens (primary N) is 1. The molecule has 298 valence electrons. The van der Waals surface area contributed by atoms with Gasteiger partial charge in [0.1, 0.15) is 6.61 Å². The maximum atomic E-state index is 12.5. The number of carbonyl (C=O) groups is 2. The Morgan fingerprint density at radius 2 is 1.29 bits per heavy atom. The SMILES string of the molecule is CC/C=C\C/C=C\C/C=C\C/C=C\C=C\C(O)CCCC(=O)OC[C@H](COP(=O)(O)OCCN)OC(=O)CCCCCCC/C=C\CCCCCC. The molecule has 10 nitrogen and oxygen atoms in total. The van der Waals surface area contributed by atoms with E-state index in [1.165, 1.54) is 25.7 Å². The molecule has 3 atom stereocenters. The van der Waals surface area contributed by atoms with Gasteiger partial charge in [-0.3, -0.25) is 18.6 Å². The molecular formula is C41H70NO9P. The van der Waals surface area contributed by atoms with Crippen molar-refractivity contribution in [1.29, 1.82) is 0 Å². The molecule has 0 heterocycles. The van der Waals surface area contributed by atoms with Gasteiger partial charge in [0.05, 0.1) is 19.3 Å². The van der Waals surface area contributed by atoms with Gasteiger partial charge in [0.25, 0.3) is 0 Å². The molecule has 0 aliphatic carbocycles. The first-order valence-corrected chi connectivity index (χ1v) is 21.0. The molecule has 0 radical (unpaired) electrons. The average Bonchev–Trinajstić information content (AvgIpc) is 3.12. The van der Waals surface area contributed by atoms with E-state index in [1.807, 2.05) is 12.2 Å². The number of hydrogen-bond donors (Lipinski definition) is 3. The van der Waals surface area contributed by atoms with Crippen molar-refractivity contribution in [3.05, 3.63) is 72.9 Å². The van der Waals surface area contributed by atoms with Gasteiger partial charge < -0.3 is 25.2 Å². The van der Waals surface area contributed by atoms with Crippen LogP contribution in [0.15, 0.2) is 72.9 Å². The summed E-state index contributed by atoms with van der Waals surface area (Å²) in [5.74, 6) is -1.05. The van der Waals surface area contributed by atoms with Crippen molar-refractivity contribution in [2.45, 2.75) is 148 Å². The van der Waals surface area contributed by atoms with Crippen LogP contribution in [0, 0.1) is 0 Å². The summed E-state index contributed by atoms with van der Waals surface area (Å²) in [6.07, 6.45) is 39.7. The topological polar surface area (TPSA) is 155 Å². The highest BCUT2D eigenvalue weighted by Gasteiger charge is 2.26. The van der Waals surface area contributed by atoms with E-state index in [4.69, 9.17) is 24.3 Å². The lowest BCUT2D eigenvalue weighted by atomic mass is 10.1. The normalized spacial score (nSPS) is 14.8. The average molecular weight is 752 g/mol. The summed E-state index contributed by atoms with van der Waals surface area (Å²) < 4.78 is 32.5. The van der Waals surface area contributed by atoms with Crippen LogP contribution in [-0.4, -0.2) is 60.5 Å². The number of ether oxygens (including phenoxy) is 2. The van der Waals surface area contributed by atoms with Crippen molar-refractivity contribution >= 4 is 19.8 Å². The summed E-state index contributed by atoms with van der Waals surface area (Å²) in [5.41, 5.74) is 5.32. The largest absolute Gasteiger partial charge is 0.472 e. The number of carbonyl (C=O) groups excluding carboxylic acids is 2. The van der Waals surface area contributed by atoms with Gasteiger partial charge in [-0.2, -0.15) is 0 Å². The van der Waals surface area contributed by atoms with Gasteiger partial charge in [-0.05, 0) is 70.6 Å². The van der Waals surface area contributed by atoms with Crippen LogP contribution in [0.2, 0.25) is 0 Å². The van der Waals surface area contributed by atoms with Crippen LogP contribution in [-0.2, 0) is 32.7 Å². The first-order valence-electron chi connectivity index (χ1n) is 19.5. The Labute approximate surface area is 314 Å². The van der Waals surface area contributed by atoms with Crippen molar-refractivity contribution in [2.75, 3.05) is 26.4 Å². The molecule has 0 aromatic heterocycles. The first kappa shape index (κ1) is 49.4. The van der Waals surface area contributed by atoms with Crippen LogP contribution >= 0.6 is 7.82 Å². The van der Waals surface area contributed by atoms with Crippen LogP contribution in [0.1, 0.15) is 136 Å². The highest BCUT2D eigenvalue weighted by Crippen LogP contribution is 2.43. The van der Waals surface area contributed by atoms with Gasteiger partial charge in [0, 0.05) is 19.4 Å². The standard InChI is InChI=1S/C41H70NO9P/c1-3-5-7-9-11-13-15-17-19-21-23-25-27-30-38(43)31-29-33-40(44)48-36-39(37-50-52(46,47)49-35-34-42)51-41(45)32-28-26-24-22-20-18-16-14-12-10-8-6-4-2/h5,7,11,13-14,16-17,19,23,25,27,30,38-39,43H,3-4,6,8-10,12,15,18,20-22,24,26,28-29,31-37,42H2,1-2H3,(H,46,47)/b7-5-,13-11-,16-14-,19-17-,25-23-,30-27+/t38?,39-/m1/s1. The van der Waals surface area contributed by atoms with Gasteiger partial charge in [0.2, 0.25) is 0 Å². The summed E-state index contributed by atoms with van der Waals surface area (Å²) in [5, 5.41) is 10.2. The van der Waals surface area contributed by atoms with E-state index in [0.717, 1.165) is 64.2 Å². The Kier molecular flexibility index (Phi) is 34.9. The van der Waals surface area contributed by atoms with E-state index in [0.29, 0.717) is 19.3 Å². The summed E-state index contributed by atoms with van der Waals surface area (Å²) in [6.45, 7) is 3.33. The molecule has 0 spiro atoms. The number of esters is 2. The predicted octanol–water partition coefficient (Wildman–Crippen LogP) is 9.68. The summed E-state index contributed by atoms with van der Waals surface area (Å²) >= 11 is 0. The Bertz CT molecular complexity index is 1100. The molecule has 0 fully saturated rings. The van der Waals surface area contributed by atoms with Gasteiger partial charge in [-0.1, -0.05) is 125 Å². The van der Waals surface area contributed by atoms with Gasteiger partial charge in [-0.25, -0.2) is 4.57 Å². The fourth-order valence-corrected chi connectivity index (χ4v) is 5.54. The van der Waals surface area contributed by atoms with Crippen molar-refractivity contribution in [2.24, 2.45) is 5.73 Å². The number of unbranched alkanes of at least 4 members (excludes halogenated alkanes) is 9. The summed E-state index contributed by atoms with van der Waals surface area (Å²) in [7, 11) is -4.42. The fraction of sp³-hybridized carbons (Fsp3) is 0.659. The van der Waals surface area contributed by atoms with Gasteiger partial charge >= 0.3 is 19.8 Å². The third-order valence-corrected chi connectivity index (χ3v) is 8.66. The molecule has 0 rings (SSSR count). The summed E-state index contributed by atoms with van der Waals surface area (Å²) in [6, 6.07) is 0. The van der Waals surface area contributed by atoms with Crippen LogP contribution in [0.3, 0.4) is 0 Å². The third-order valence-electron chi connectivity index (χ3n) is 7.68. The maximum absolute atomic E-state index is 12.5. The molecule has 52 heavy (non-hydrogen) atoms. The van der Waals surface area contributed by atoms with E-state index in [1.54, 1.807) is 12.2 Å². The lowest BCUT2D eigenvalue weighted by Crippen LogP contribution is -2.29. The third kappa shape index (κ3) is 35.8. The van der Waals surface area contributed by atoms with Crippen molar-refractivity contribution in [3.8, 4) is 0 Å². The quantitative estimate of drug-likeness (QED) is 0.0187. The molecular weight excluding hydrogens is 681 g/mol. The second kappa shape index (κ2) is 36.8. The number of aliphatic hydroxyl groups is 1. The molecule has 11 heteroatoms. The molecule has 0 aliphatic rings. The zero-order chi connectivity index (χ0) is 38.4. The summed E-state index contributed by atoms with van der Waals surface area (Å²) in [4.78, 5) is 34.7. The molecule has 2 unspecified atom stereocenters. The van der Waals surface area contributed by atoms with Crippen LogP contribution in [0.5, 0.6) is 0 Å². The molecule has 4 N–H and O–H groups in total. The minimum atomic E-state index is -4.42. The van der Waals surface area contributed by atoms with Gasteiger partial charge in [0.15, 0.2) is 6.10 Å². The van der Waals surface area contributed by atoms with Crippen LogP contribution < -0.4 is 5.73 Å². The maximum Gasteiger partial charge on any atom is 0.472 e. The molecule has 0 aliphatic heterocycles. The van der Waals surface area contributed by atoms with Crippen molar-refractivity contribution < 1.29 is 42.7 Å². The Morgan fingerprint density at radius 1 is 0.692 bits per heavy atom. The number of phosphoric ester groups is 1. The number of allylic oxidation sites excluding steroid dienone is 11. The van der Waals surface area contributed by atoms with E-state index in [2.05, 4.69) is 62.5 Å². The first-order chi connectivity index (χ1) is 25.2. The molecule has 0 amide bonds. The Hall–Kier alpha value is -2.59. The number of hydrogen-bond acceptors (Lipinski definition) is 9. The lowest BCUT2D eigenvalue weighted by molar-refractivity contribution is -0.161. The Balaban J connectivity index is 4.45. The van der Waals surface area contributed by atoms with Crippen LogP contribution in [0.4, 0.5) is 0 Å². The predicted molar refractivity (Wildman–Crippen MR) is 212 cm³/mol. The van der Waals surface area contributed by atoms with E-state index >= 15 is 0 Å². The highest BCUT2D eigenvalue weighted by atomic mass is 31.2. The smallest absolute Gasteiger partial charge is 0.462 e. The zero-order valence-electron chi connectivity index (χ0n) is 32.1. The van der Waals surface area contributed by atoms with E-state index in [-0.39, 0.29) is 32.6 Å². The van der Waals surface area contributed by atoms with Crippen molar-refractivity contribution in [3.63, 3.8) is 0 Å².